The van der Waals surface area contributed by atoms with Gasteiger partial charge in [-0.25, -0.2) is 0 Å². The van der Waals surface area contributed by atoms with E-state index in [1.54, 1.807) is 19.2 Å². The summed E-state index contributed by atoms with van der Waals surface area (Å²) in [5.74, 6) is 0.671. The number of ether oxygens (including phenoxy) is 1. The van der Waals surface area contributed by atoms with E-state index in [0.717, 1.165) is 18.4 Å². The fourth-order valence-corrected chi connectivity index (χ4v) is 3.19. The number of benzene rings is 1. The molecular weight excluding hydrogens is 354 g/mol. The van der Waals surface area contributed by atoms with Gasteiger partial charge in [0.1, 0.15) is 5.75 Å². The number of amides is 1. The molecule has 0 atom stereocenters. The number of nitrogens with one attached hydrogen (secondary N) is 2. The first-order valence-corrected chi connectivity index (χ1v) is 9.23. The van der Waals surface area contributed by atoms with Crippen molar-refractivity contribution in [1.29, 1.82) is 0 Å². The van der Waals surface area contributed by atoms with Crippen LogP contribution in [0.15, 0.2) is 29.3 Å². The third-order valence-corrected chi connectivity index (χ3v) is 4.52. The van der Waals surface area contributed by atoms with Crippen LogP contribution in [0.25, 0.3) is 0 Å². The van der Waals surface area contributed by atoms with Gasteiger partial charge in [-0.3, -0.25) is 9.79 Å². The fraction of sp³-hybridized carbons (Fsp3) is 0.579. The van der Waals surface area contributed by atoms with Crippen molar-refractivity contribution >= 4 is 11.9 Å². The van der Waals surface area contributed by atoms with Crippen LogP contribution < -0.4 is 15.4 Å². The maximum Gasteiger partial charge on any atom is 0.387 e. The number of aliphatic imine (C=N–C) groups is 1. The van der Waals surface area contributed by atoms with Gasteiger partial charge in [0.25, 0.3) is 0 Å². The molecule has 1 amide bonds. The minimum absolute atomic E-state index is 0.0371. The maximum atomic E-state index is 12.2. The Labute approximate surface area is 159 Å². The third kappa shape index (κ3) is 7.40. The highest BCUT2D eigenvalue weighted by molar-refractivity contribution is 5.86. The molecule has 2 N–H and O–H groups in total. The fourth-order valence-electron chi connectivity index (χ4n) is 3.19. The lowest BCUT2D eigenvalue weighted by molar-refractivity contribution is -0.120. The minimum atomic E-state index is -2.83. The van der Waals surface area contributed by atoms with Gasteiger partial charge in [0.2, 0.25) is 5.91 Å². The molecule has 0 aliphatic heterocycles. The number of hydrogen-bond acceptors (Lipinski definition) is 3. The number of carbonyl (C=O) groups excluding carboxylic acids is 1. The zero-order valence-corrected chi connectivity index (χ0v) is 15.9. The monoisotopic (exact) mass is 382 g/mol. The van der Waals surface area contributed by atoms with E-state index >= 15 is 0 Å². The third-order valence-electron chi connectivity index (χ3n) is 4.52. The van der Waals surface area contributed by atoms with Crippen molar-refractivity contribution in [2.24, 2.45) is 4.99 Å². The van der Waals surface area contributed by atoms with E-state index in [2.05, 4.69) is 20.4 Å². The van der Waals surface area contributed by atoms with Crippen molar-refractivity contribution < 1.29 is 18.3 Å². The Balaban J connectivity index is 1.79. The molecule has 0 saturated heterocycles. The average molecular weight is 382 g/mol. The molecule has 1 aromatic carbocycles. The summed E-state index contributed by atoms with van der Waals surface area (Å²) in [7, 11) is 3.50. The normalized spacial score (nSPS) is 15.5. The largest absolute Gasteiger partial charge is 0.435 e. The first-order valence-electron chi connectivity index (χ1n) is 9.23. The second-order valence-electron chi connectivity index (χ2n) is 6.68. The van der Waals surface area contributed by atoms with E-state index in [4.69, 9.17) is 0 Å². The van der Waals surface area contributed by atoms with Crippen molar-refractivity contribution in [3.8, 4) is 5.75 Å². The number of alkyl halides is 2. The lowest BCUT2D eigenvalue weighted by Crippen LogP contribution is -2.46. The summed E-state index contributed by atoms with van der Waals surface area (Å²) in [6, 6.07) is 6.72. The summed E-state index contributed by atoms with van der Waals surface area (Å²) >= 11 is 0. The summed E-state index contributed by atoms with van der Waals surface area (Å²) in [5, 5.41) is 6.11. The highest BCUT2D eigenvalue weighted by Gasteiger charge is 2.16. The van der Waals surface area contributed by atoms with Crippen LogP contribution in [0.5, 0.6) is 5.75 Å². The molecule has 1 saturated carbocycles. The van der Waals surface area contributed by atoms with Crippen LogP contribution in [-0.2, 0) is 11.3 Å². The highest BCUT2D eigenvalue weighted by atomic mass is 19.3. The van der Waals surface area contributed by atoms with Crippen molar-refractivity contribution in [3.63, 3.8) is 0 Å². The Morgan fingerprint density at radius 1 is 1.26 bits per heavy atom. The summed E-state index contributed by atoms with van der Waals surface area (Å²) in [6.45, 7) is -2.16. The molecule has 0 spiro atoms. The Morgan fingerprint density at radius 3 is 2.52 bits per heavy atom. The molecule has 8 heteroatoms. The Hall–Kier alpha value is -2.38. The van der Waals surface area contributed by atoms with Crippen LogP contribution in [0.4, 0.5) is 8.78 Å². The first-order chi connectivity index (χ1) is 13.0. The van der Waals surface area contributed by atoms with E-state index in [9.17, 15) is 13.6 Å². The van der Waals surface area contributed by atoms with E-state index in [1.807, 2.05) is 11.9 Å². The lowest BCUT2D eigenvalue weighted by atomic mass is 9.95. The Bertz CT molecular complexity index is 617. The summed E-state index contributed by atoms with van der Waals surface area (Å²) in [5.41, 5.74) is 0.911. The molecule has 1 aliphatic carbocycles. The van der Waals surface area contributed by atoms with Crippen molar-refractivity contribution in [2.45, 2.75) is 51.3 Å². The number of hydrogen-bond donors (Lipinski definition) is 2. The molecule has 0 unspecified atom stereocenters. The average Bonchev–Trinajstić information content (AvgIpc) is 2.64. The number of halogens is 2. The van der Waals surface area contributed by atoms with Gasteiger partial charge >= 0.3 is 6.61 Å². The molecule has 0 aromatic heterocycles. The predicted octanol–water partition coefficient (Wildman–Crippen LogP) is 2.74. The van der Waals surface area contributed by atoms with Gasteiger partial charge in [-0.15, -0.1) is 0 Å². The first kappa shape index (κ1) is 20.9. The van der Waals surface area contributed by atoms with Gasteiger partial charge in [-0.1, -0.05) is 31.4 Å². The predicted molar refractivity (Wildman–Crippen MR) is 101 cm³/mol. The smallest absolute Gasteiger partial charge is 0.387 e. The Morgan fingerprint density at radius 2 is 1.93 bits per heavy atom. The number of carbonyl (C=O) groups is 1. The molecule has 6 nitrogen and oxygen atoms in total. The number of rotatable bonds is 7. The standard InChI is InChI=1S/C19H28F2N4O2/c1-22-19(23-12-17(26)24-15-6-4-3-5-7-15)25(2)13-14-8-10-16(11-9-14)27-18(20)21/h8-11,15,18H,3-7,12-13H2,1-2H3,(H,22,23)(H,24,26). The molecule has 150 valence electrons. The van der Waals surface area contributed by atoms with Crippen molar-refractivity contribution in [2.75, 3.05) is 20.6 Å². The van der Waals surface area contributed by atoms with E-state index < -0.39 is 6.61 Å². The lowest BCUT2D eigenvalue weighted by Gasteiger charge is -2.24. The van der Waals surface area contributed by atoms with E-state index in [0.29, 0.717) is 12.5 Å². The van der Waals surface area contributed by atoms with Crippen LogP contribution in [0.1, 0.15) is 37.7 Å². The van der Waals surface area contributed by atoms with Crippen molar-refractivity contribution in [3.05, 3.63) is 29.8 Å². The van der Waals surface area contributed by atoms with Gasteiger partial charge in [-0.05, 0) is 30.5 Å². The van der Waals surface area contributed by atoms with Gasteiger partial charge in [0, 0.05) is 26.7 Å². The molecule has 2 rings (SSSR count). The molecule has 0 heterocycles. The van der Waals surface area contributed by atoms with Gasteiger partial charge < -0.3 is 20.3 Å². The number of nitrogens with zero attached hydrogens (tertiary/aromatic N) is 2. The van der Waals surface area contributed by atoms with Crippen LogP contribution in [-0.4, -0.2) is 50.1 Å². The zero-order chi connectivity index (χ0) is 19.6. The SMILES string of the molecule is CN=C(NCC(=O)NC1CCCCC1)N(C)Cc1ccc(OC(F)F)cc1. The summed E-state index contributed by atoms with van der Waals surface area (Å²) < 4.78 is 28.7. The second kappa shape index (κ2) is 10.7. The molecule has 0 radical (unpaired) electrons. The maximum absolute atomic E-state index is 12.2. The van der Waals surface area contributed by atoms with Gasteiger partial charge in [-0.2, -0.15) is 8.78 Å². The van der Waals surface area contributed by atoms with Crippen LogP contribution >= 0.6 is 0 Å². The molecule has 1 fully saturated rings. The van der Waals surface area contributed by atoms with E-state index in [-0.39, 0.29) is 24.2 Å². The van der Waals surface area contributed by atoms with Crippen LogP contribution in [0.3, 0.4) is 0 Å². The molecular formula is C19H28F2N4O2. The molecule has 27 heavy (non-hydrogen) atoms. The van der Waals surface area contributed by atoms with Crippen LogP contribution in [0.2, 0.25) is 0 Å². The van der Waals surface area contributed by atoms with Gasteiger partial charge in [0.05, 0.1) is 6.54 Å². The molecule has 0 bridgehead atoms. The molecule has 1 aliphatic rings. The van der Waals surface area contributed by atoms with E-state index in [1.165, 1.54) is 31.4 Å². The highest BCUT2D eigenvalue weighted by Crippen LogP contribution is 2.17. The zero-order valence-electron chi connectivity index (χ0n) is 15.9. The van der Waals surface area contributed by atoms with Crippen LogP contribution in [0, 0.1) is 0 Å². The summed E-state index contributed by atoms with van der Waals surface area (Å²) in [6.07, 6.45) is 5.68. The number of guanidine groups is 1. The van der Waals surface area contributed by atoms with Crippen molar-refractivity contribution in [1.82, 2.24) is 15.5 Å². The minimum Gasteiger partial charge on any atom is -0.435 e. The topological polar surface area (TPSA) is 66.0 Å². The second-order valence-corrected chi connectivity index (χ2v) is 6.68. The summed E-state index contributed by atoms with van der Waals surface area (Å²) in [4.78, 5) is 18.2. The molecule has 1 aromatic rings. The quantitative estimate of drug-likeness (QED) is 0.562. The Kier molecular flexibility index (Phi) is 8.29. The van der Waals surface area contributed by atoms with Gasteiger partial charge in [0.15, 0.2) is 5.96 Å².